The highest BCUT2D eigenvalue weighted by atomic mass is 16.5. The third-order valence-corrected chi connectivity index (χ3v) is 4.30. The Bertz CT molecular complexity index is 1190. The van der Waals surface area contributed by atoms with Gasteiger partial charge in [-0.3, -0.25) is 14.2 Å². The van der Waals surface area contributed by atoms with Gasteiger partial charge in [-0.15, -0.1) is 0 Å². The molecule has 3 aromatic heterocycles. The second-order valence-corrected chi connectivity index (χ2v) is 6.29. The van der Waals surface area contributed by atoms with E-state index < -0.39 is 6.04 Å². The van der Waals surface area contributed by atoms with E-state index in [4.69, 9.17) is 8.94 Å². The molecule has 0 unspecified atom stereocenters. The maximum atomic E-state index is 12.7. The van der Waals surface area contributed by atoms with E-state index in [0.717, 1.165) is 0 Å². The number of carbonyl (C=O) groups excluding carboxylic acids is 1. The zero-order chi connectivity index (χ0) is 19.7. The number of benzene rings is 1. The Balaban J connectivity index is 1.55. The molecule has 4 aromatic rings. The molecule has 1 N–H and O–H groups in total. The van der Waals surface area contributed by atoms with Gasteiger partial charge < -0.3 is 14.3 Å². The van der Waals surface area contributed by atoms with Crippen LogP contribution in [0.25, 0.3) is 10.9 Å². The van der Waals surface area contributed by atoms with Crippen LogP contribution >= 0.6 is 0 Å². The number of aryl methyl sites for hydroxylation is 1. The van der Waals surface area contributed by atoms with Gasteiger partial charge in [-0.25, -0.2) is 4.98 Å². The van der Waals surface area contributed by atoms with Crippen LogP contribution in [0.15, 0.2) is 56.4 Å². The van der Waals surface area contributed by atoms with Crippen LogP contribution < -0.4 is 10.9 Å². The van der Waals surface area contributed by atoms with Gasteiger partial charge in [0.25, 0.3) is 11.5 Å². The van der Waals surface area contributed by atoms with Crippen molar-refractivity contribution >= 4 is 16.8 Å². The van der Waals surface area contributed by atoms with Gasteiger partial charge in [0.05, 0.1) is 23.7 Å². The summed E-state index contributed by atoms with van der Waals surface area (Å²) in [5.74, 6) is 0.902. The minimum Gasteiger partial charge on any atom is -0.459 e. The minimum atomic E-state index is -0.522. The number of hydrogen-bond acceptors (Lipinski definition) is 7. The molecule has 1 aromatic carbocycles. The van der Waals surface area contributed by atoms with E-state index in [1.165, 1.54) is 10.8 Å². The van der Waals surface area contributed by atoms with Gasteiger partial charge in [-0.2, -0.15) is 4.98 Å². The van der Waals surface area contributed by atoms with Gasteiger partial charge in [0.1, 0.15) is 11.9 Å². The summed E-state index contributed by atoms with van der Waals surface area (Å²) in [7, 11) is 0. The molecule has 0 aliphatic rings. The maximum absolute atomic E-state index is 12.7. The molecule has 4 rings (SSSR count). The number of aromatic nitrogens is 4. The van der Waals surface area contributed by atoms with E-state index in [9.17, 15) is 9.59 Å². The number of rotatable bonds is 5. The third kappa shape index (κ3) is 3.29. The number of fused-ring (bicyclic) bond motifs is 1. The molecule has 0 fully saturated rings. The number of furan rings is 1. The topological polar surface area (TPSA) is 116 Å². The molecular weight excluding hydrogens is 362 g/mol. The van der Waals surface area contributed by atoms with Crippen molar-refractivity contribution < 1.29 is 13.7 Å². The van der Waals surface area contributed by atoms with Crippen LogP contribution in [0, 0.1) is 6.92 Å². The summed E-state index contributed by atoms with van der Waals surface area (Å²) >= 11 is 0. The predicted octanol–water partition coefficient (Wildman–Crippen LogP) is 2.22. The lowest BCUT2D eigenvalue weighted by Gasteiger charge is -2.08. The monoisotopic (exact) mass is 379 g/mol. The van der Waals surface area contributed by atoms with Crippen molar-refractivity contribution in [1.29, 1.82) is 0 Å². The van der Waals surface area contributed by atoms with Crippen LogP contribution in [0.3, 0.4) is 0 Å². The van der Waals surface area contributed by atoms with Crippen LogP contribution in [0.5, 0.6) is 0 Å². The molecule has 3 heterocycles. The van der Waals surface area contributed by atoms with Crippen molar-refractivity contribution in [3.05, 3.63) is 76.3 Å². The molecule has 9 nitrogen and oxygen atoms in total. The number of amides is 1. The minimum absolute atomic E-state index is 0.116. The summed E-state index contributed by atoms with van der Waals surface area (Å²) in [6.07, 6.45) is 1.42. The normalized spacial score (nSPS) is 12.2. The van der Waals surface area contributed by atoms with Gasteiger partial charge >= 0.3 is 0 Å². The van der Waals surface area contributed by atoms with Crippen LogP contribution in [0.4, 0.5) is 0 Å². The van der Waals surface area contributed by atoms with Gasteiger partial charge in [0.15, 0.2) is 11.6 Å². The molecule has 9 heteroatoms. The van der Waals surface area contributed by atoms with Gasteiger partial charge in [0, 0.05) is 0 Å². The summed E-state index contributed by atoms with van der Waals surface area (Å²) in [6, 6.07) is 9.82. The van der Waals surface area contributed by atoms with Crippen molar-refractivity contribution in [2.24, 2.45) is 0 Å². The summed E-state index contributed by atoms with van der Waals surface area (Å²) < 4.78 is 11.8. The SMILES string of the molecule is Cc1nc2ccccc2c(=O)n1Cc1noc([C@@H](C)NC(=O)c2ccco2)n1. The number of hydrogen-bond donors (Lipinski definition) is 1. The standard InChI is InChI=1S/C19H17N5O4/c1-11(20-17(25)15-8-5-9-27-15)18-22-16(23-28-18)10-24-12(2)21-14-7-4-3-6-13(14)19(24)26/h3-9,11H,10H2,1-2H3,(H,20,25)/t11-/m1/s1. The lowest BCUT2D eigenvalue weighted by molar-refractivity contribution is 0.0904. The first-order chi connectivity index (χ1) is 13.5. The summed E-state index contributed by atoms with van der Waals surface area (Å²) in [4.78, 5) is 33.5. The Morgan fingerprint density at radius 1 is 1.21 bits per heavy atom. The maximum Gasteiger partial charge on any atom is 0.287 e. The van der Waals surface area contributed by atoms with Crippen LogP contribution in [-0.2, 0) is 6.54 Å². The molecule has 1 atom stereocenters. The largest absolute Gasteiger partial charge is 0.459 e. The molecule has 1 amide bonds. The molecule has 0 bridgehead atoms. The molecule has 28 heavy (non-hydrogen) atoms. The summed E-state index contributed by atoms with van der Waals surface area (Å²) in [5, 5.41) is 7.15. The molecular formula is C19H17N5O4. The second kappa shape index (κ2) is 7.10. The third-order valence-electron chi connectivity index (χ3n) is 4.30. The zero-order valence-electron chi connectivity index (χ0n) is 15.2. The fraction of sp³-hybridized carbons (Fsp3) is 0.211. The van der Waals surface area contributed by atoms with E-state index in [2.05, 4.69) is 20.4 Å². The van der Waals surface area contributed by atoms with Crippen LogP contribution in [0.1, 0.15) is 41.1 Å². The molecule has 142 valence electrons. The predicted molar refractivity (Wildman–Crippen MR) is 98.7 cm³/mol. The first kappa shape index (κ1) is 17.7. The highest BCUT2D eigenvalue weighted by Crippen LogP contribution is 2.13. The van der Waals surface area contributed by atoms with E-state index in [1.807, 2.05) is 6.07 Å². The first-order valence-electron chi connectivity index (χ1n) is 8.66. The lowest BCUT2D eigenvalue weighted by atomic mass is 10.2. The quantitative estimate of drug-likeness (QED) is 0.565. The zero-order valence-corrected chi connectivity index (χ0v) is 15.2. The van der Waals surface area contributed by atoms with Gasteiger partial charge in [0.2, 0.25) is 5.89 Å². The van der Waals surface area contributed by atoms with Crippen molar-refractivity contribution in [1.82, 2.24) is 25.0 Å². The van der Waals surface area contributed by atoms with Crippen molar-refractivity contribution in [2.45, 2.75) is 26.4 Å². The summed E-state index contributed by atoms with van der Waals surface area (Å²) in [6.45, 7) is 3.58. The smallest absolute Gasteiger partial charge is 0.287 e. The number of nitrogens with zero attached hydrogens (tertiary/aromatic N) is 4. The van der Waals surface area contributed by atoms with Crippen molar-refractivity contribution in [3.63, 3.8) is 0 Å². The fourth-order valence-electron chi connectivity index (χ4n) is 2.85. The Hall–Kier alpha value is -3.75. The fourth-order valence-corrected chi connectivity index (χ4v) is 2.85. The highest BCUT2D eigenvalue weighted by Gasteiger charge is 2.19. The van der Waals surface area contributed by atoms with Crippen LogP contribution in [0.2, 0.25) is 0 Å². The molecule has 0 spiro atoms. The average molecular weight is 379 g/mol. The van der Waals surface area contributed by atoms with Gasteiger partial charge in [-0.05, 0) is 38.1 Å². The molecule has 0 saturated heterocycles. The number of para-hydroxylation sites is 1. The lowest BCUT2D eigenvalue weighted by Crippen LogP contribution is -2.26. The second-order valence-electron chi connectivity index (χ2n) is 6.29. The average Bonchev–Trinajstić information content (AvgIpc) is 3.37. The highest BCUT2D eigenvalue weighted by molar-refractivity contribution is 5.91. The van der Waals surface area contributed by atoms with Crippen LogP contribution in [-0.4, -0.2) is 25.6 Å². The van der Waals surface area contributed by atoms with Crippen molar-refractivity contribution in [3.8, 4) is 0 Å². The van der Waals surface area contributed by atoms with E-state index >= 15 is 0 Å². The molecule has 0 saturated carbocycles. The first-order valence-corrected chi connectivity index (χ1v) is 8.66. The molecule has 0 radical (unpaired) electrons. The van der Waals surface area contributed by atoms with E-state index in [0.29, 0.717) is 22.6 Å². The Morgan fingerprint density at radius 3 is 2.82 bits per heavy atom. The Kier molecular flexibility index (Phi) is 4.48. The van der Waals surface area contributed by atoms with E-state index in [1.54, 1.807) is 44.2 Å². The van der Waals surface area contributed by atoms with Gasteiger partial charge in [-0.1, -0.05) is 17.3 Å². The van der Waals surface area contributed by atoms with Crippen molar-refractivity contribution in [2.75, 3.05) is 0 Å². The molecule has 0 aliphatic carbocycles. The Morgan fingerprint density at radius 2 is 2.04 bits per heavy atom. The van der Waals surface area contributed by atoms with E-state index in [-0.39, 0.29) is 29.7 Å². The number of carbonyl (C=O) groups is 1. The summed E-state index contributed by atoms with van der Waals surface area (Å²) in [5.41, 5.74) is 0.470. The number of nitrogens with one attached hydrogen (secondary N) is 1. The molecule has 0 aliphatic heterocycles. The Labute approximate surface area is 159 Å².